The SMILES string of the molecule is CC(=O)N1CCN(C(=O)CNC(=O)CCl)CC1. The molecular formula is C10H16ClN3O3. The van der Waals surface area contributed by atoms with E-state index >= 15 is 0 Å². The van der Waals surface area contributed by atoms with Crippen molar-refractivity contribution in [2.24, 2.45) is 0 Å². The molecule has 0 spiro atoms. The summed E-state index contributed by atoms with van der Waals surface area (Å²) >= 11 is 5.29. The summed E-state index contributed by atoms with van der Waals surface area (Å²) in [5.41, 5.74) is 0. The van der Waals surface area contributed by atoms with Gasteiger partial charge in [-0.1, -0.05) is 0 Å². The lowest BCUT2D eigenvalue weighted by Gasteiger charge is -2.34. The largest absolute Gasteiger partial charge is 0.346 e. The summed E-state index contributed by atoms with van der Waals surface area (Å²) in [7, 11) is 0. The Balaban J connectivity index is 2.31. The van der Waals surface area contributed by atoms with Gasteiger partial charge in [0.15, 0.2) is 0 Å². The van der Waals surface area contributed by atoms with Gasteiger partial charge in [0, 0.05) is 33.1 Å². The van der Waals surface area contributed by atoms with Gasteiger partial charge in [-0.25, -0.2) is 0 Å². The number of nitrogens with one attached hydrogen (secondary N) is 1. The maximum atomic E-state index is 11.7. The molecule has 0 unspecified atom stereocenters. The molecule has 1 fully saturated rings. The average Bonchev–Trinajstić information content (AvgIpc) is 2.35. The van der Waals surface area contributed by atoms with Crippen LogP contribution in [0, 0.1) is 0 Å². The Morgan fingerprint density at radius 3 is 2.12 bits per heavy atom. The Morgan fingerprint density at radius 2 is 1.65 bits per heavy atom. The minimum atomic E-state index is -0.359. The monoisotopic (exact) mass is 261 g/mol. The lowest BCUT2D eigenvalue weighted by molar-refractivity contribution is -0.138. The van der Waals surface area contributed by atoms with Crippen molar-refractivity contribution >= 4 is 29.3 Å². The van der Waals surface area contributed by atoms with E-state index in [1.165, 1.54) is 6.92 Å². The first kappa shape index (κ1) is 13.8. The molecule has 1 rings (SSSR count). The Morgan fingerprint density at radius 1 is 1.12 bits per heavy atom. The summed E-state index contributed by atoms with van der Waals surface area (Å²) in [5, 5.41) is 2.42. The van der Waals surface area contributed by atoms with Gasteiger partial charge in [-0.2, -0.15) is 0 Å². The zero-order chi connectivity index (χ0) is 12.8. The molecule has 0 aromatic carbocycles. The maximum Gasteiger partial charge on any atom is 0.242 e. The van der Waals surface area contributed by atoms with Crippen LogP contribution in [0.3, 0.4) is 0 Å². The smallest absolute Gasteiger partial charge is 0.242 e. The van der Waals surface area contributed by atoms with Gasteiger partial charge in [0.25, 0.3) is 0 Å². The fraction of sp³-hybridized carbons (Fsp3) is 0.700. The lowest BCUT2D eigenvalue weighted by atomic mass is 10.3. The van der Waals surface area contributed by atoms with Gasteiger partial charge in [-0.15, -0.1) is 11.6 Å². The molecule has 7 heteroatoms. The van der Waals surface area contributed by atoms with E-state index in [-0.39, 0.29) is 30.1 Å². The van der Waals surface area contributed by atoms with E-state index < -0.39 is 0 Å². The zero-order valence-electron chi connectivity index (χ0n) is 9.74. The van der Waals surface area contributed by atoms with E-state index in [0.29, 0.717) is 26.2 Å². The number of halogens is 1. The Labute approximate surface area is 105 Å². The molecule has 1 N–H and O–H groups in total. The fourth-order valence-corrected chi connectivity index (χ4v) is 1.70. The second-order valence-electron chi connectivity index (χ2n) is 3.80. The molecule has 1 aliphatic heterocycles. The van der Waals surface area contributed by atoms with Crippen molar-refractivity contribution in [1.82, 2.24) is 15.1 Å². The van der Waals surface area contributed by atoms with Crippen LogP contribution in [0.15, 0.2) is 0 Å². The van der Waals surface area contributed by atoms with Crippen molar-refractivity contribution in [2.45, 2.75) is 6.92 Å². The first-order chi connectivity index (χ1) is 8.04. The summed E-state index contributed by atoms with van der Waals surface area (Å²) in [5.74, 6) is -0.632. The van der Waals surface area contributed by atoms with Crippen LogP contribution in [0.4, 0.5) is 0 Å². The standard InChI is InChI=1S/C10H16ClN3O3/c1-8(15)13-2-4-14(5-3-13)10(17)7-12-9(16)6-11/h2-7H2,1H3,(H,12,16). The topological polar surface area (TPSA) is 69.7 Å². The molecular weight excluding hydrogens is 246 g/mol. The number of carbonyl (C=O) groups excluding carboxylic acids is 3. The number of carbonyl (C=O) groups is 3. The summed E-state index contributed by atoms with van der Waals surface area (Å²) in [6.07, 6.45) is 0. The normalized spacial score (nSPS) is 15.6. The maximum absolute atomic E-state index is 11.7. The van der Waals surface area contributed by atoms with Crippen LogP contribution in [0.1, 0.15) is 6.92 Å². The van der Waals surface area contributed by atoms with Gasteiger partial charge in [0.05, 0.1) is 6.54 Å². The van der Waals surface area contributed by atoms with Crippen molar-refractivity contribution in [3.05, 3.63) is 0 Å². The van der Waals surface area contributed by atoms with E-state index in [9.17, 15) is 14.4 Å². The third kappa shape index (κ3) is 4.22. The van der Waals surface area contributed by atoms with Crippen molar-refractivity contribution in [3.63, 3.8) is 0 Å². The minimum absolute atomic E-state index is 0.0209. The molecule has 0 saturated carbocycles. The molecule has 0 atom stereocenters. The summed E-state index contributed by atoms with van der Waals surface area (Å²) in [4.78, 5) is 36.9. The number of rotatable bonds is 3. The van der Waals surface area contributed by atoms with E-state index in [4.69, 9.17) is 11.6 Å². The third-order valence-corrected chi connectivity index (χ3v) is 2.88. The highest BCUT2D eigenvalue weighted by atomic mass is 35.5. The summed E-state index contributed by atoms with van der Waals surface area (Å²) < 4.78 is 0. The van der Waals surface area contributed by atoms with Gasteiger partial charge in [0.1, 0.15) is 5.88 Å². The van der Waals surface area contributed by atoms with Gasteiger partial charge >= 0.3 is 0 Å². The molecule has 17 heavy (non-hydrogen) atoms. The molecule has 1 saturated heterocycles. The molecule has 0 radical (unpaired) electrons. The molecule has 1 aliphatic rings. The van der Waals surface area contributed by atoms with Gasteiger partial charge in [-0.3, -0.25) is 14.4 Å². The van der Waals surface area contributed by atoms with E-state index in [1.54, 1.807) is 9.80 Å². The number of nitrogens with zero attached hydrogens (tertiary/aromatic N) is 2. The zero-order valence-corrected chi connectivity index (χ0v) is 10.5. The molecule has 0 aromatic rings. The van der Waals surface area contributed by atoms with Crippen molar-refractivity contribution in [3.8, 4) is 0 Å². The number of alkyl halides is 1. The van der Waals surface area contributed by atoms with Crippen molar-refractivity contribution < 1.29 is 14.4 Å². The van der Waals surface area contributed by atoms with Crippen molar-refractivity contribution in [2.75, 3.05) is 38.6 Å². The molecule has 3 amide bonds. The Hall–Kier alpha value is -1.30. The predicted octanol–water partition coefficient (Wildman–Crippen LogP) is -0.968. The lowest BCUT2D eigenvalue weighted by Crippen LogP contribution is -2.52. The highest BCUT2D eigenvalue weighted by Crippen LogP contribution is 2.01. The van der Waals surface area contributed by atoms with Gasteiger partial charge in [-0.05, 0) is 0 Å². The fourth-order valence-electron chi connectivity index (χ4n) is 1.60. The Bertz CT molecular complexity index is 314. The molecule has 1 heterocycles. The second kappa shape index (κ2) is 6.44. The van der Waals surface area contributed by atoms with Gasteiger partial charge < -0.3 is 15.1 Å². The van der Waals surface area contributed by atoms with Crippen LogP contribution in [0.2, 0.25) is 0 Å². The Kier molecular flexibility index (Phi) is 5.21. The molecule has 0 aromatic heterocycles. The van der Waals surface area contributed by atoms with Crippen LogP contribution in [0.25, 0.3) is 0 Å². The average molecular weight is 262 g/mol. The first-order valence-corrected chi connectivity index (χ1v) is 5.94. The van der Waals surface area contributed by atoms with Crippen LogP contribution in [-0.2, 0) is 14.4 Å². The van der Waals surface area contributed by atoms with E-state index in [0.717, 1.165) is 0 Å². The number of hydrogen-bond acceptors (Lipinski definition) is 3. The van der Waals surface area contributed by atoms with E-state index in [2.05, 4.69) is 5.32 Å². The quantitative estimate of drug-likeness (QED) is 0.665. The highest BCUT2D eigenvalue weighted by Gasteiger charge is 2.22. The number of hydrogen-bond donors (Lipinski definition) is 1. The summed E-state index contributed by atoms with van der Waals surface area (Å²) in [6, 6.07) is 0. The third-order valence-electron chi connectivity index (χ3n) is 2.64. The number of amides is 3. The predicted molar refractivity (Wildman–Crippen MR) is 62.6 cm³/mol. The highest BCUT2D eigenvalue weighted by molar-refractivity contribution is 6.27. The van der Waals surface area contributed by atoms with Crippen LogP contribution in [0.5, 0.6) is 0 Å². The minimum Gasteiger partial charge on any atom is -0.346 e. The molecule has 96 valence electrons. The van der Waals surface area contributed by atoms with Crippen LogP contribution in [-0.4, -0.2) is 66.1 Å². The molecule has 0 aliphatic carbocycles. The van der Waals surface area contributed by atoms with E-state index in [1.807, 2.05) is 0 Å². The second-order valence-corrected chi connectivity index (χ2v) is 4.06. The summed E-state index contributed by atoms with van der Waals surface area (Å²) in [6.45, 7) is 3.59. The van der Waals surface area contributed by atoms with Gasteiger partial charge in [0.2, 0.25) is 17.7 Å². The van der Waals surface area contributed by atoms with Crippen LogP contribution < -0.4 is 5.32 Å². The van der Waals surface area contributed by atoms with Crippen molar-refractivity contribution in [1.29, 1.82) is 0 Å². The molecule has 0 bridgehead atoms. The number of piperazine rings is 1. The first-order valence-electron chi connectivity index (χ1n) is 5.40. The molecule has 6 nitrogen and oxygen atoms in total. The van der Waals surface area contributed by atoms with Crippen LogP contribution >= 0.6 is 11.6 Å².